The van der Waals surface area contributed by atoms with Gasteiger partial charge in [0, 0.05) is 6.42 Å². The van der Waals surface area contributed by atoms with Crippen molar-refractivity contribution in [2.24, 2.45) is 11.8 Å². The molecule has 0 spiro atoms. The lowest BCUT2D eigenvalue weighted by molar-refractivity contribution is -0.142. The van der Waals surface area contributed by atoms with Gasteiger partial charge in [-0.1, -0.05) is 45.4 Å². The molecule has 1 aliphatic rings. The van der Waals surface area contributed by atoms with Gasteiger partial charge in [0.15, 0.2) is 0 Å². The molecular formula is C13H24O2. The number of methoxy groups -OCH3 is 1. The zero-order valence-electron chi connectivity index (χ0n) is 10.1. The Morgan fingerprint density at radius 3 is 2.67 bits per heavy atom. The summed E-state index contributed by atoms with van der Waals surface area (Å²) in [7, 11) is 1.49. The summed E-state index contributed by atoms with van der Waals surface area (Å²) in [5, 5.41) is 0. The standard InChI is InChI=1S/C13H24O2/c1-3-4-5-7-11-8-6-9-12(11)10-13(14)15-2/h11-12H,3-10H2,1-2H3. The van der Waals surface area contributed by atoms with Gasteiger partial charge in [0.2, 0.25) is 0 Å². The van der Waals surface area contributed by atoms with Gasteiger partial charge in [-0.2, -0.15) is 0 Å². The maximum absolute atomic E-state index is 11.2. The van der Waals surface area contributed by atoms with E-state index >= 15 is 0 Å². The third-order valence-electron chi connectivity index (χ3n) is 3.65. The van der Waals surface area contributed by atoms with E-state index in [1.54, 1.807) is 0 Å². The molecule has 2 unspecified atom stereocenters. The highest BCUT2D eigenvalue weighted by molar-refractivity contribution is 5.69. The first-order chi connectivity index (χ1) is 7.27. The zero-order chi connectivity index (χ0) is 11.1. The van der Waals surface area contributed by atoms with E-state index in [0.717, 1.165) is 5.92 Å². The quantitative estimate of drug-likeness (QED) is 0.497. The van der Waals surface area contributed by atoms with Crippen LogP contribution < -0.4 is 0 Å². The van der Waals surface area contributed by atoms with E-state index in [4.69, 9.17) is 4.74 Å². The molecule has 0 aromatic carbocycles. The lowest BCUT2D eigenvalue weighted by Gasteiger charge is -2.18. The van der Waals surface area contributed by atoms with Gasteiger partial charge in [-0.3, -0.25) is 4.79 Å². The molecule has 0 amide bonds. The van der Waals surface area contributed by atoms with Crippen molar-refractivity contribution >= 4 is 5.97 Å². The predicted octanol–water partition coefficient (Wildman–Crippen LogP) is 3.55. The monoisotopic (exact) mass is 212 g/mol. The van der Waals surface area contributed by atoms with Crippen molar-refractivity contribution in [1.82, 2.24) is 0 Å². The molecule has 2 nitrogen and oxygen atoms in total. The number of unbranched alkanes of at least 4 members (excludes halogenated alkanes) is 2. The molecule has 1 fully saturated rings. The fraction of sp³-hybridized carbons (Fsp3) is 0.923. The lowest BCUT2D eigenvalue weighted by Crippen LogP contribution is -2.14. The first-order valence-electron chi connectivity index (χ1n) is 6.34. The molecule has 0 aromatic rings. The van der Waals surface area contributed by atoms with Crippen molar-refractivity contribution < 1.29 is 9.53 Å². The maximum atomic E-state index is 11.2. The molecule has 0 saturated heterocycles. The second-order valence-corrected chi connectivity index (χ2v) is 4.73. The van der Waals surface area contributed by atoms with Crippen LogP contribution in [0, 0.1) is 11.8 Å². The third kappa shape index (κ3) is 4.23. The molecule has 1 aliphatic carbocycles. The van der Waals surface area contributed by atoms with Gasteiger partial charge < -0.3 is 4.74 Å². The molecule has 0 aromatic heterocycles. The highest BCUT2D eigenvalue weighted by Crippen LogP contribution is 2.37. The van der Waals surface area contributed by atoms with Crippen LogP contribution in [-0.4, -0.2) is 13.1 Å². The van der Waals surface area contributed by atoms with Crippen molar-refractivity contribution in [2.75, 3.05) is 7.11 Å². The van der Waals surface area contributed by atoms with Crippen molar-refractivity contribution in [3.05, 3.63) is 0 Å². The number of carbonyl (C=O) groups excluding carboxylic acids is 1. The summed E-state index contributed by atoms with van der Waals surface area (Å²) in [5.74, 6) is 1.37. The van der Waals surface area contributed by atoms with Crippen molar-refractivity contribution in [3.63, 3.8) is 0 Å². The Morgan fingerprint density at radius 2 is 2.00 bits per heavy atom. The fourth-order valence-electron chi connectivity index (χ4n) is 2.72. The molecule has 0 heterocycles. The van der Waals surface area contributed by atoms with E-state index in [9.17, 15) is 4.79 Å². The van der Waals surface area contributed by atoms with Crippen LogP contribution in [0.5, 0.6) is 0 Å². The molecule has 0 radical (unpaired) electrons. The number of hydrogen-bond donors (Lipinski definition) is 0. The van der Waals surface area contributed by atoms with Gasteiger partial charge in [0.05, 0.1) is 7.11 Å². The molecule has 0 N–H and O–H groups in total. The SMILES string of the molecule is CCCCCC1CCCC1CC(=O)OC. The van der Waals surface area contributed by atoms with E-state index in [2.05, 4.69) is 6.92 Å². The van der Waals surface area contributed by atoms with Crippen LogP contribution in [0.25, 0.3) is 0 Å². The summed E-state index contributed by atoms with van der Waals surface area (Å²) in [6.45, 7) is 2.24. The maximum Gasteiger partial charge on any atom is 0.305 e. The van der Waals surface area contributed by atoms with Gasteiger partial charge in [0.1, 0.15) is 0 Å². The van der Waals surface area contributed by atoms with Crippen LogP contribution in [-0.2, 0) is 9.53 Å². The minimum Gasteiger partial charge on any atom is -0.469 e. The normalized spacial score (nSPS) is 25.5. The molecule has 88 valence electrons. The Balaban J connectivity index is 2.26. The zero-order valence-corrected chi connectivity index (χ0v) is 10.1. The third-order valence-corrected chi connectivity index (χ3v) is 3.65. The number of carbonyl (C=O) groups is 1. The van der Waals surface area contributed by atoms with Gasteiger partial charge in [0.25, 0.3) is 0 Å². The highest BCUT2D eigenvalue weighted by Gasteiger charge is 2.28. The number of rotatable bonds is 6. The molecular weight excluding hydrogens is 188 g/mol. The molecule has 15 heavy (non-hydrogen) atoms. The fourth-order valence-corrected chi connectivity index (χ4v) is 2.72. The van der Waals surface area contributed by atoms with E-state index < -0.39 is 0 Å². The number of ether oxygens (including phenoxy) is 1. The van der Waals surface area contributed by atoms with Crippen molar-refractivity contribution in [2.45, 2.75) is 58.3 Å². The van der Waals surface area contributed by atoms with E-state index in [-0.39, 0.29) is 5.97 Å². The minimum atomic E-state index is -0.0256. The average Bonchev–Trinajstić information content (AvgIpc) is 2.66. The summed E-state index contributed by atoms with van der Waals surface area (Å²) in [6.07, 6.45) is 9.77. The average molecular weight is 212 g/mol. The van der Waals surface area contributed by atoms with Gasteiger partial charge in [-0.05, 0) is 18.3 Å². The van der Waals surface area contributed by atoms with Crippen LogP contribution in [0.3, 0.4) is 0 Å². The van der Waals surface area contributed by atoms with Gasteiger partial charge in [-0.15, -0.1) is 0 Å². The van der Waals surface area contributed by atoms with Crippen molar-refractivity contribution in [1.29, 1.82) is 0 Å². The highest BCUT2D eigenvalue weighted by atomic mass is 16.5. The summed E-state index contributed by atoms with van der Waals surface area (Å²) >= 11 is 0. The summed E-state index contributed by atoms with van der Waals surface area (Å²) in [4.78, 5) is 11.2. The van der Waals surface area contributed by atoms with E-state index in [1.165, 1.54) is 52.1 Å². The Hall–Kier alpha value is -0.530. The number of esters is 1. The molecule has 2 heteroatoms. The van der Waals surface area contributed by atoms with Crippen molar-refractivity contribution in [3.8, 4) is 0 Å². The Kier molecular flexibility index (Phi) is 5.74. The second-order valence-electron chi connectivity index (χ2n) is 4.73. The summed E-state index contributed by atoms with van der Waals surface area (Å²) < 4.78 is 4.75. The predicted molar refractivity (Wildman–Crippen MR) is 61.6 cm³/mol. The topological polar surface area (TPSA) is 26.3 Å². The summed E-state index contributed by atoms with van der Waals surface area (Å²) in [6, 6.07) is 0. The van der Waals surface area contributed by atoms with E-state index in [1.807, 2.05) is 0 Å². The van der Waals surface area contributed by atoms with Crippen LogP contribution in [0.15, 0.2) is 0 Å². The van der Waals surface area contributed by atoms with E-state index in [0.29, 0.717) is 12.3 Å². The van der Waals surface area contributed by atoms with Crippen LogP contribution >= 0.6 is 0 Å². The van der Waals surface area contributed by atoms with Crippen LogP contribution in [0.2, 0.25) is 0 Å². The van der Waals surface area contributed by atoms with Gasteiger partial charge >= 0.3 is 5.97 Å². The molecule has 0 bridgehead atoms. The van der Waals surface area contributed by atoms with Crippen LogP contribution in [0.1, 0.15) is 58.3 Å². The summed E-state index contributed by atoms with van der Waals surface area (Å²) in [5.41, 5.74) is 0. The molecule has 0 aliphatic heterocycles. The van der Waals surface area contributed by atoms with Crippen LogP contribution in [0.4, 0.5) is 0 Å². The molecule has 1 saturated carbocycles. The molecule has 2 atom stereocenters. The first kappa shape index (κ1) is 12.5. The van der Waals surface area contributed by atoms with Gasteiger partial charge in [-0.25, -0.2) is 0 Å². The lowest BCUT2D eigenvalue weighted by atomic mass is 9.88. The first-order valence-corrected chi connectivity index (χ1v) is 6.34. The Labute approximate surface area is 93.4 Å². The molecule has 1 rings (SSSR count). The second kappa shape index (κ2) is 6.86. The minimum absolute atomic E-state index is 0.0256. The number of hydrogen-bond acceptors (Lipinski definition) is 2. The largest absolute Gasteiger partial charge is 0.469 e. The smallest absolute Gasteiger partial charge is 0.305 e. The Bertz CT molecular complexity index is 189. The Morgan fingerprint density at radius 1 is 1.27 bits per heavy atom.